The van der Waals surface area contributed by atoms with Crippen LogP contribution < -0.4 is 5.32 Å². The van der Waals surface area contributed by atoms with Crippen molar-refractivity contribution in [3.05, 3.63) is 54.4 Å². The van der Waals surface area contributed by atoms with E-state index in [1.807, 2.05) is 12.1 Å². The van der Waals surface area contributed by atoms with Crippen molar-refractivity contribution in [2.24, 2.45) is 0 Å². The van der Waals surface area contributed by atoms with Crippen LogP contribution in [0.4, 0.5) is 4.39 Å². The van der Waals surface area contributed by atoms with Gasteiger partial charge >= 0.3 is 0 Å². The Balaban J connectivity index is 2.12. The van der Waals surface area contributed by atoms with Crippen molar-refractivity contribution >= 4 is 29.1 Å². The van der Waals surface area contributed by atoms with Gasteiger partial charge in [0, 0.05) is 12.4 Å². The molecule has 0 radical (unpaired) electrons. The molecule has 7 heteroatoms. The van der Waals surface area contributed by atoms with Crippen LogP contribution in [-0.2, 0) is 4.79 Å². The molecule has 2 aromatic rings. The van der Waals surface area contributed by atoms with E-state index >= 15 is 0 Å². The lowest BCUT2D eigenvalue weighted by Crippen LogP contribution is -2.43. The number of nitrogens with one attached hydrogen (secondary N) is 1. The lowest BCUT2D eigenvalue weighted by atomic mass is 9.99. The first-order chi connectivity index (χ1) is 11.0. The van der Waals surface area contributed by atoms with Crippen molar-refractivity contribution < 1.29 is 14.3 Å². The largest absolute Gasteiger partial charge is 0.386 e. The molecule has 4 nitrogen and oxygen atoms in total. The number of aromatic nitrogens is 1. The van der Waals surface area contributed by atoms with Crippen molar-refractivity contribution in [3.63, 3.8) is 0 Å². The Morgan fingerprint density at radius 3 is 2.43 bits per heavy atom. The Kier molecular flexibility index (Phi) is 6.33. The van der Waals surface area contributed by atoms with Crippen LogP contribution in [0.5, 0.6) is 0 Å². The number of rotatable bonds is 6. The van der Waals surface area contributed by atoms with Crippen molar-refractivity contribution in [1.82, 2.24) is 10.3 Å². The average Bonchev–Trinajstić information content (AvgIpc) is 2.59. The molecular weight excluding hydrogens is 342 g/mol. The smallest absolute Gasteiger partial charge is 0.253 e. The number of amides is 1. The van der Waals surface area contributed by atoms with Crippen LogP contribution in [0.3, 0.4) is 0 Å². The maximum Gasteiger partial charge on any atom is 0.253 e. The predicted octanol–water partition coefficient (Wildman–Crippen LogP) is 3.04. The lowest BCUT2D eigenvalue weighted by molar-refractivity contribution is -0.121. The molecule has 1 heterocycles. The van der Waals surface area contributed by atoms with E-state index in [9.17, 15) is 14.3 Å². The molecule has 122 valence electrons. The minimum Gasteiger partial charge on any atom is -0.386 e. The van der Waals surface area contributed by atoms with Crippen molar-refractivity contribution in [1.29, 1.82) is 0 Å². The molecule has 0 saturated heterocycles. The van der Waals surface area contributed by atoms with Crippen LogP contribution in [0.2, 0.25) is 0 Å². The second-order valence-electron chi connectivity index (χ2n) is 4.88. The van der Waals surface area contributed by atoms with Crippen LogP contribution in [0, 0.1) is 0 Å². The molecule has 2 rings (SSSR count). The van der Waals surface area contributed by atoms with Crippen molar-refractivity contribution in [2.45, 2.75) is 17.0 Å². The van der Waals surface area contributed by atoms with Gasteiger partial charge in [-0.25, -0.2) is 4.39 Å². The van der Waals surface area contributed by atoms with E-state index in [0.717, 1.165) is 11.1 Å². The second kappa shape index (κ2) is 8.24. The van der Waals surface area contributed by atoms with Gasteiger partial charge in [-0.3, -0.25) is 9.78 Å². The third kappa shape index (κ3) is 4.64. The minimum atomic E-state index is -1.32. The zero-order valence-electron chi connectivity index (χ0n) is 12.0. The summed E-state index contributed by atoms with van der Waals surface area (Å²) < 4.78 is 13.1. The summed E-state index contributed by atoms with van der Waals surface area (Å²) in [4.78, 5) is 14.1. The Morgan fingerprint density at radius 1 is 1.22 bits per heavy atom. The number of aliphatic hydroxyl groups excluding tert-OH is 1. The van der Waals surface area contributed by atoms with Gasteiger partial charge in [-0.15, -0.1) is 0 Å². The monoisotopic (exact) mass is 356 g/mol. The Labute approximate surface area is 143 Å². The third-order valence-electron chi connectivity index (χ3n) is 3.32. The minimum absolute atomic E-state index is 0.473. The fourth-order valence-electron chi connectivity index (χ4n) is 2.09. The molecule has 0 bridgehead atoms. The number of carbonyl (C=O) groups is 1. The number of nitrogens with zero attached hydrogens (tertiary/aromatic N) is 1. The van der Waals surface area contributed by atoms with Crippen LogP contribution in [0.15, 0.2) is 48.8 Å². The summed E-state index contributed by atoms with van der Waals surface area (Å²) in [6.07, 6.45) is 2.19. The van der Waals surface area contributed by atoms with E-state index in [-0.39, 0.29) is 0 Å². The molecule has 2 unspecified atom stereocenters. The van der Waals surface area contributed by atoms with E-state index in [1.54, 1.807) is 36.7 Å². The highest BCUT2D eigenvalue weighted by atomic mass is 35.5. The molecule has 2 N–H and O–H groups in total. The highest BCUT2D eigenvalue weighted by Gasteiger charge is 2.25. The highest BCUT2D eigenvalue weighted by molar-refractivity contribution is 6.53. The first-order valence-electron chi connectivity index (χ1n) is 6.86. The van der Waals surface area contributed by atoms with E-state index < -0.39 is 29.6 Å². The van der Waals surface area contributed by atoms with E-state index in [0.29, 0.717) is 5.56 Å². The van der Waals surface area contributed by atoms with Gasteiger partial charge in [0.15, 0.2) is 4.84 Å². The van der Waals surface area contributed by atoms with Gasteiger partial charge in [0.2, 0.25) is 0 Å². The number of benzene rings is 1. The zero-order chi connectivity index (χ0) is 16.8. The van der Waals surface area contributed by atoms with E-state index in [4.69, 9.17) is 23.2 Å². The summed E-state index contributed by atoms with van der Waals surface area (Å²) in [7, 11) is 0. The summed E-state index contributed by atoms with van der Waals surface area (Å²) in [6.45, 7) is -0.947. The Hall–Kier alpha value is -1.69. The normalized spacial score (nSPS) is 13.6. The Bertz CT molecular complexity index is 638. The molecule has 1 aromatic carbocycles. The Morgan fingerprint density at radius 2 is 1.91 bits per heavy atom. The molecule has 23 heavy (non-hydrogen) atoms. The number of hydrogen-bond donors (Lipinski definition) is 2. The first kappa shape index (κ1) is 17.7. The molecule has 1 aromatic heterocycles. The van der Waals surface area contributed by atoms with Gasteiger partial charge in [0.25, 0.3) is 5.91 Å². The topological polar surface area (TPSA) is 62.2 Å². The quantitative estimate of drug-likeness (QED) is 0.782. The van der Waals surface area contributed by atoms with Gasteiger partial charge in [-0.05, 0) is 22.8 Å². The molecule has 0 aliphatic rings. The van der Waals surface area contributed by atoms with Gasteiger partial charge in [0.1, 0.15) is 12.8 Å². The molecule has 0 saturated carbocycles. The maximum atomic E-state index is 13.1. The van der Waals surface area contributed by atoms with Crippen LogP contribution in [0.25, 0.3) is 11.1 Å². The number of hydrogen-bond acceptors (Lipinski definition) is 3. The van der Waals surface area contributed by atoms with Crippen LogP contribution in [0.1, 0.15) is 11.7 Å². The SMILES string of the molecule is O=C(NC(CF)C(O)c1ccc(-c2cccnc2)cc1)C(Cl)Cl. The summed E-state index contributed by atoms with van der Waals surface area (Å²) in [6, 6.07) is 9.52. The lowest BCUT2D eigenvalue weighted by Gasteiger charge is -2.22. The van der Waals surface area contributed by atoms with E-state index in [2.05, 4.69) is 10.3 Å². The summed E-state index contributed by atoms with van der Waals surface area (Å²) in [5.74, 6) is -0.748. The highest BCUT2D eigenvalue weighted by Crippen LogP contribution is 2.23. The molecule has 0 aliphatic carbocycles. The van der Waals surface area contributed by atoms with Crippen molar-refractivity contribution in [3.8, 4) is 11.1 Å². The molecule has 0 fully saturated rings. The fraction of sp³-hybridized carbons (Fsp3) is 0.250. The molecular formula is C16H15Cl2FN2O2. The summed E-state index contributed by atoms with van der Waals surface area (Å²) >= 11 is 10.8. The number of alkyl halides is 3. The number of pyridine rings is 1. The number of halogens is 3. The van der Waals surface area contributed by atoms with E-state index in [1.165, 1.54) is 0 Å². The van der Waals surface area contributed by atoms with Crippen LogP contribution >= 0.6 is 23.2 Å². The predicted molar refractivity (Wildman–Crippen MR) is 88.0 cm³/mol. The summed E-state index contributed by atoms with van der Waals surface area (Å²) in [5.41, 5.74) is 2.31. The van der Waals surface area contributed by atoms with Gasteiger partial charge in [-0.1, -0.05) is 53.5 Å². The molecule has 1 amide bonds. The molecule has 2 atom stereocenters. The van der Waals surface area contributed by atoms with Crippen LogP contribution in [-0.4, -0.2) is 33.6 Å². The fourth-order valence-corrected chi connectivity index (χ4v) is 2.21. The first-order valence-corrected chi connectivity index (χ1v) is 7.73. The maximum absolute atomic E-state index is 13.1. The zero-order valence-corrected chi connectivity index (χ0v) is 13.5. The van der Waals surface area contributed by atoms with Gasteiger partial charge < -0.3 is 10.4 Å². The molecule has 0 spiro atoms. The standard InChI is InChI=1S/C16H15Cl2FN2O2/c17-15(18)16(23)21-13(8-19)14(22)11-5-3-10(4-6-11)12-2-1-7-20-9-12/h1-7,9,13-15,22H,8H2,(H,21,23). The van der Waals surface area contributed by atoms with Crippen molar-refractivity contribution in [2.75, 3.05) is 6.67 Å². The van der Waals surface area contributed by atoms with Gasteiger partial charge in [-0.2, -0.15) is 0 Å². The third-order valence-corrected chi connectivity index (χ3v) is 3.72. The summed E-state index contributed by atoms with van der Waals surface area (Å²) in [5, 5.41) is 12.5. The van der Waals surface area contributed by atoms with Gasteiger partial charge in [0.05, 0.1) is 6.04 Å². The molecule has 0 aliphatic heterocycles. The number of aliphatic hydroxyl groups is 1. The average molecular weight is 357 g/mol. The number of carbonyl (C=O) groups excluding carboxylic acids is 1. The second-order valence-corrected chi connectivity index (χ2v) is 5.97.